The molecule has 6 heteroatoms. The molecule has 0 saturated carbocycles. The molecule has 2 N–H and O–H groups in total. The Morgan fingerprint density at radius 1 is 1.45 bits per heavy atom. The van der Waals surface area contributed by atoms with Gasteiger partial charge in [-0.1, -0.05) is 30.3 Å². The summed E-state index contributed by atoms with van der Waals surface area (Å²) < 4.78 is 5.78. The summed E-state index contributed by atoms with van der Waals surface area (Å²) in [6.45, 7) is 1.89. The van der Waals surface area contributed by atoms with Gasteiger partial charge in [0.15, 0.2) is 0 Å². The van der Waals surface area contributed by atoms with Gasteiger partial charge in [0.1, 0.15) is 0 Å². The summed E-state index contributed by atoms with van der Waals surface area (Å²) in [4.78, 5) is 14.2. The third-order valence-corrected chi connectivity index (χ3v) is 4.35. The Kier molecular flexibility index (Phi) is 8.86. The zero-order valence-corrected chi connectivity index (χ0v) is 14.6. The largest absolute Gasteiger partial charge is 0.374 e. The number of halogens is 1. The average Bonchev–Trinajstić information content (AvgIpc) is 2.53. The Morgan fingerprint density at radius 2 is 2.18 bits per heavy atom. The standard InChI is InChI=1S/C16H24N2O2S.ClH/c1-21-10-7-15(17)16(19)18-8-9-20-14(12-18)11-13-5-3-2-4-6-13;/h2-6,14-15H,7-12,17H2,1H3;1H/t14?,15-;/m0./s1. The summed E-state index contributed by atoms with van der Waals surface area (Å²) in [5, 5.41) is 0. The minimum absolute atomic E-state index is 0. The van der Waals surface area contributed by atoms with Crippen LogP contribution in [0.5, 0.6) is 0 Å². The van der Waals surface area contributed by atoms with Gasteiger partial charge >= 0.3 is 0 Å². The van der Waals surface area contributed by atoms with Crippen LogP contribution in [0.4, 0.5) is 0 Å². The Balaban J connectivity index is 0.00000242. The second-order valence-corrected chi connectivity index (χ2v) is 6.34. The zero-order chi connectivity index (χ0) is 15.1. The second kappa shape index (κ2) is 10.1. The van der Waals surface area contributed by atoms with Crippen LogP contribution in [0.3, 0.4) is 0 Å². The van der Waals surface area contributed by atoms with Crippen LogP contribution in [0, 0.1) is 0 Å². The maximum Gasteiger partial charge on any atom is 0.239 e. The van der Waals surface area contributed by atoms with Gasteiger partial charge in [0.05, 0.1) is 18.8 Å². The molecule has 2 atom stereocenters. The highest BCUT2D eigenvalue weighted by atomic mass is 35.5. The molecular formula is C16H25ClN2O2S. The molecule has 1 heterocycles. The van der Waals surface area contributed by atoms with Crippen molar-refractivity contribution < 1.29 is 9.53 Å². The fourth-order valence-corrected chi connectivity index (χ4v) is 3.01. The molecule has 0 aromatic heterocycles. The predicted molar refractivity (Wildman–Crippen MR) is 94.7 cm³/mol. The fourth-order valence-electron chi connectivity index (χ4n) is 2.52. The number of thioether (sulfide) groups is 1. The van der Waals surface area contributed by atoms with E-state index in [1.807, 2.05) is 29.4 Å². The smallest absolute Gasteiger partial charge is 0.239 e. The van der Waals surface area contributed by atoms with Crippen molar-refractivity contribution in [1.82, 2.24) is 4.90 Å². The first-order valence-electron chi connectivity index (χ1n) is 7.39. The number of nitrogens with two attached hydrogens (primary N) is 1. The van der Waals surface area contributed by atoms with Gasteiger partial charge < -0.3 is 15.4 Å². The number of hydrogen-bond acceptors (Lipinski definition) is 4. The summed E-state index contributed by atoms with van der Waals surface area (Å²) in [7, 11) is 0. The van der Waals surface area contributed by atoms with Crippen molar-refractivity contribution in [3.8, 4) is 0 Å². The molecule has 1 fully saturated rings. The maximum atomic E-state index is 12.3. The monoisotopic (exact) mass is 344 g/mol. The molecule has 0 aliphatic carbocycles. The van der Waals surface area contributed by atoms with Crippen molar-refractivity contribution in [3.05, 3.63) is 35.9 Å². The molecule has 1 aromatic carbocycles. The summed E-state index contributed by atoms with van der Waals surface area (Å²) in [5.41, 5.74) is 7.23. The van der Waals surface area contributed by atoms with Gasteiger partial charge in [-0.15, -0.1) is 12.4 Å². The third-order valence-electron chi connectivity index (χ3n) is 3.71. The lowest BCUT2D eigenvalue weighted by Gasteiger charge is -2.34. The maximum absolute atomic E-state index is 12.3. The van der Waals surface area contributed by atoms with Crippen molar-refractivity contribution in [2.75, 3.05) is 31.7 Å². The van der Waals surface area contributed by atoms with E-state index in [0.29, 0.717) is 19.7 Å². The first kappa shape index (κ1) is 19.3. The van der Waals surface area contributed by atoms with Gasteiger partial charge in [-0.2, -0.15) is 11.8 Å². The summed E-state index contributed by atoms with van der Waals surface area (Å²) in [6.07, 6.45) is 3.67. The number of amides is 1. The van der Waals surface area contributed by atoms with Crippen molar-refractivity contribution in [3.63, 3.8) is 0 Å². The molecule has 1 aliphatic rings. The molecule has 0 spiro atoms. The normalized spacial score (nSPS) is 19.4. The molecular weight excluding hydrogens is 320 g/mol. The third kappa shape index (κ3) is 5.80. The van der Waals surface area contributed by atoms with Gasteiger partial charge in [-0.25, -0.2) is 0 Å². The van der Waals surface area contributed by atoms with E-state index in [9.17, 15) is 4.79 Å². The number of morpholine rings is 1. The minimum atomic E-state index is -0.382. The number of ether oxygens (including phenoxy) is 1. The lowest BCUT2D eigenvalue weighted by atomic mass is 10.1. The van der Waals surface area contributed by atoms with Crippen molar-refractivity contribution >= 4 is 30.1 Å². The van der Waals surface area contributed by atoms with Crippen LogP contribution in [0.2, 0.25) is 0 Å². The Bertz CT molecular complexity index is 447. The lowest BCUT2D eigenvalue weighted by Crippen LogP contribution is -2.52. The van der Waals surface area contributed by atoms with Crippen LogP contribution in [0.15, 0.2) is 30.3 Å². The quantitative estimate of drug-likeness (QED) is 0.857. The van der Waals surface area contributed by atoms with E-state index in [2.05, 4.69) is 12.1 Å². The van der Waals surface area contributed by atoms with Gasteiger partial charge in [0.25, 0.3) is 0 Å². The van der Waals surface area contributed by atoms with Crippen LogP contribution in [-0.2, 0) is 16.0 Å². The number of nitrogens with zero attached hydrogens (tertiary/aromatic N) is 1. The number of hydrogen-bond donors (Lipinski definition) is 1. The molecule has 124 valence electrons. The van der Waals surface area contributed by atoms with Crippen LogP contribution in [0.25, 0.3) is 0 Å². The topological polar surface area (TPSA) is 55.6 Å². The molecule has 1 saturated heterocycles. The van der Waals surface area contributed by atoms with Crippen molar-refractivity contribution in [1.29, 1.82) is 0 Å². The van der Waals surface area contributed by atoms with Gasteiger partial charge in [0.2, 0.25) is 5.91 Å². The highest BCUT2D eigenvalue weighted by Crippen LogP contribution is 2.13. The van der Waals surface area contributed by atoms with E-state index in [-0.39, 0.29) is 30.5 Å². The summed E-state index contributed by atoms with van der Waals surface area (Å²) in [5.74, 6) is 0.982. The number of carbonyl (C=O) groups is 1. The van der Waals surface area contributed by atoms with E-state index < -0.39 is 0 Å². The van der Waals surface area contributed by atoms with Crippen LogP contribution >= 0.6 is 24.2 Å². The Labute approximate surface area is 143 Å². The second-order valence-electron chi connectivity index (χ2n) is 5.35. The van der Waals surface area contributed by atoms with E-state index in [1.165, 1.54) is 5.56 Å². The molecule has 0 radical (unpaired) electrons. The van der Waals surface area contributed by atoms with Crippen molar-refractivity contribution in [2.45, 2.75) is 25.0 Å². The molecule has 2 rings (SSSR count). The SMILES string of the molecule is CSCC[C@H](N)C(=O)N1CCOC(Cc2ccccc2)C1.Cl. The van der Waals surface area contributed by atoms with E-state index in [1.54, 1.807) is 11.8 Å². The molecule has 1 aliphatic heterocycles. The Morgan fingerprint density at radius 3 is 2.86 bits per heavy atom. The lowest BCUT2D eigenvalue weighted by molar-refractivity contribution is -0.140. The van der Waals surface area contributed by atoms with E-state index >= 15 is 0 Å². The van der Waals surface area contributed by atoms with E-state index in [0.717, 1.165) is 18.6 Å². The molecule has 22 heavy (non-hydrogen) atoms. The van der Waals surface area contributed by atoms with Crippen LogP contribution in [-0.4, -0.2) is 54.7 Å². The number of rotatable bonds is 6. The molecule has 1 unspecified atom stereocenters. The van der Waals surface area contributed by atoms with Crippen molar-refractivity contribution in [2.24, 2.45) is 5.73 Å². The molecule has 1 aromatic rings. The van der Waals surface area contributed by atoms with E-state index in [4.69, 9.17) is 10.5 Å². The average molecular weight is 345 g/mol. The van der Waals surface area contributed by atoms with Crippen LogP contribution in [0.1, 0.15) is 12.0 Å². The highest BCUT2D eigenvalue weighted by molar-refractivity contribution is 7.98. The zero-order valence-electron chi connectivity index (χ0n) is 12.9. The minimum Gasteiger partial charge on any atom is -0.374 e. The molecule has 4 nitrogen and oxygen atoms in total. The van der Waals surface area contributed by atoms with Gasteiger partial charge in [-0.05, 0) is 24.0 Å². The van der Waals surface area contributed by atoms with Crippen LogP contribution < -0.4 is 5.73 Å². The highest BCUT2D eigenvalue weighted by Gasteiger charge is 2.27. The fraction of sp³-hybridized carbons (Fsp3) is 0.562. The first-order valence-corrected chi connectivity index (χ1v) is 8.79. The number of carbonyl (C=O) groups excluding carboxylic acids is 1. The summed E-state index contributed by atoms with van der Waals surface area (Å²) in [6, 6.07) is 9.86. The molecule has 0 bridgehead atoms. The summed E-state index contributed by atoms with van der Waals surface area (Å²) >= 11 is 1.72. The predicted octanol–water partition coefficient (Wildman–Crippen LogP) is 1.96. The number of benzene rings is 1. The Hall–Kier alpha value is -0.750. The van der Waals surface area contributed by atoms with Gasteiger partial charge in [0, 0.05) is 19.5 Å². The molecule has 1 amide bonds. The van der Waals surface area contributed by atoms with Gasteiger partial charge in [-0.3, -0.25) is 4.79 Å². The first-order chi connectivity index (χ1) is 10.2.